The van der Waals surface area contributed by atoms with Gasteiger partial charge in [0.25, 0.3) is 0 Å². The molecule has 1 heterocycles. The zero-order chi connectivity index (χ0) is 28.8. The van der Waals surface area contributed by atoms with Gasteiger partial charge in [-0.3, -0.25) is 0 Å². The number of hydrogen-bond acceptors (Lipinski definition) is 6. The van der Waals surface area contributed by atoms with Gasteiger partial charge in [0.2, 0.25) is 0 Å². The van der Waals surface area contributed by atoms with Crippen molar-refractivity contribution in [2.75, 3.05) is 37.7 Å². The van der Waals surface area contributed by atoms with E-state index in [0.717, 1.165) is 27.3 Å². The van der Waals surface area contributed by atoms with Crippen LogP contribution >= 0.6 is 12.6 Å². The maximum Gasteiger partial charge on any atom is 0.409 e. The number of carbonyl (C=O) groups is 2. The van der Waals surface area contributed by atoms with Crippen LogP contribution < -0.4 is 4.90 Å². The third-order valence-corrected chi connectivity index (χ3v) is 8.63. The maximum atomic E-state index is 13.1. The number of fused-ring (bicyclic) bond motifs is 3. The highest BCUT2D eigenvalue weighted by Crippen LogP contribution is 2.44. The van der Waals surface area contributed by atoms with Crippen LogP contribution in [0.25, 0.3) is 11.1 Å². The van der Waals surface area contributed by atoms with Gasteiger partial charge in [0.05, 0.1) is 5.56 Å². The summed E-state index contributed by atoms with van der Waals surface area (Å²) < 4.78 is 11.6. The van der Waals surface area contributed by atoms with Crippen LogP contribution in [0.2, 0.25) is 0 Å². The van der Waals surface area contributed by atoms with Gasteiger partial charge in [0.1, 0.15) is 12.2 Å². The third kappa shape index (κ3) is 5.19. The molecule has 1 aliphatic heterocycles. The van der Waals surface area contributed by atoms with Gasteiger partial charge in [-0.2, -0.15) is 0 Å². The fourth-order valence-corrected chi connectivity index (χ4v) is 6.32. The van der Waals surface area contributed by atoms with Gasteiger partial charge in [-0.15, -0.1) is 12.6 Å². The monoisotopic (exact) mass is 558 g/mol. The Kier molecular flexibility index (Phi) is 7.62. The van der Waals surface area contributed by atoms with E-state index in [1.807, 2.05) is 65.8 Å². The van der Waals surface area contributed by atoms with Crippen LogP contribution in [-0.2, 0) is 9.47 Å². The lowest BCUT2D eigenvalue weighted by Crippen LogP contribution is -2.49. The van der Waals surface area contributed by atoms with E-state index < -0.39 is 5.60 Å². The summed E-state index contributed by atoms with van der Waals surface area (Å²) in [4.78, 5) is 31.1. The van der Waals surface area contributed by atoms with Gasteiger partial charge in [-0.25, -0.2) is 9.59 Å². The standard InChI is InChI=1S/C33H38N2O4S/c1-20-28(31(36)39-33(4,5)6)21(2)30(40)22(3)29(20)34-15-17-35(18-16-34)32(37)38-19-27-25-13-9-7-11-23(25)24-12-8-10-14-26(24)27/h7-14,27,40H,15-19H2,1-6H3. The molecule has 1 amide bonds. The van der Waals surface area contributed by atoms with E-state index in [1.165, 1.54) is 22.3 Å². The minimum absolute atomic E-state index is 0.0376. The fraction of sp³-hybridized carbons (Fsp3) is 0.394. The number of carbonyl (C=O) groups excluding carboxylic acids is 2. The minimum Gasteiger partial charge on any atom is -0.456 e. The molecule has 0 saturated carbocycles. The number of piperazine rings is 1. The van der Waals surface area contributed by atoms with Gasteiger partial charge in [-0.05, 0) is 80.5 Å². The first-order valence-corrected chi connectivity index (χ1v) is 14.3. The molecule has 0 N–H and O–H groups in total. The Balaban J connectivity index is 1.27. The van der Waals surface area contributed by atoms with Crippen molar-refractivity contribution in [3.63, 3.8) is 0 Å². The minimum atomic E-state index is -0.591. The number of rotatable bonds is 4. The third-order valence-electron chi connectivity index (χ3n) is 7.96. The lowest BCUT2D eigenvalue weighted by Gasteiger charge is -2.38. The zero-order valence-corrected chi connectivity index (χ0v) is 25.1. The summed E-state index contributed by atoms with van der Waals surface area (Å²) in [5.41, 5.74) is 8.54. The normalized spacial score (nSPS) is 15.1. The van der Waals surface area contributed by atoms with Crippen molar-refractivity contribution in [2.24, 2.45) is 0 Å². The molecule has 0 atom stereocenters. The first-order chi connectivity index (χ1) is 19.0. The second kappa shape index (κ2) is 10.8. The predicted octanol–water partition coefficient (Wildman–Crippen LogP) is 6.93. The van der Waals surface area contributed by atoms with E-state index in [2.05, 4.69) is 29.2 Å². The van der Waals surface area contributed by atoms with Crippen molar-refractivity contribution in [3.8, 4) is 11.1 Å². The number of nitrogens with zero attached hydrogens (tertiary/aromatic N) is 2. The summed E-state index contributed by atoms with van der Waals surface area (Å²) in [6.45, 7) is 14.2. The molecule has 2 aliphatic rings. The van der Waals surface area contributed by atoms with Crippen molar-refractivity contribution in [3.05, 3.63) is 81.9 Å². The highest BCUT2D eigenvalue weighted by molar-refractivity contribution is 7.80. The van der Waals surface area contributed by atoms with Gasteiger partial charge >= 0.3 is 12.1 Å². The quantitative estimate of drug-likeness (QED) is 0.278. The maximum absolute atomic E-state index is 13.1. The van der Waals surface area contributed by atoms with Crippen molar-refractivity contribution >= 4 is 30.4 Å². The largest absolute Gasteiger partial charge is 0.456 e. The van der Waals surface area contributed by atoms with E-state index >= 15 is 0 Å². The number of amides is 1. The molecular formula is C33H38N2O4S. The Morgan fingerprint density at radius 3 is 1.95 bits per heavy atom. The molecule has 3 aromatic rings. The van der Waals surface area contributed by atoms with Gasteiger partial charge in [-0.1, -0.05) is 48.5 Å². The lowest BCUT2D eigenvalue weighted by molar-refractivity contribution is 0.00676. The van der Waals surface area contributed by atoms with Crippen molar-refractivity contribution < 1.29 is 19.1 Å². The number of anilines is 1. The van der Waals surface area contributed by atoms with Crippen LogP contribution in [0.4, 0.5) is 10.5 Å². The number of thiol groups is 1. The van der Waals surface area contributed by atoms with E-state index in [4.69, 9.17) is 22.1 Å². The molecule has 7 heteroatoms. The van der Waals surface area contributed by atoms with Crippen LogP contribution in [0.3, 0.4) is 0 Å². The van der Waals surface area contributed by atoms with Crippen molar-refractivity contribution in [1.82, 2.24) is 4.90 Å². The van der Waals surface area contributed by atoms with Crippen LogP contribution in [0.1, 0.15) is 64.9 Å². The molecule has 3 aromatic carbocycles. The van der Waals surface area contributed by atoms with Crippen molar-refractivity contribution in [1.29, 1.82) is 0 Å². The molecule has 1 aliphatic carbocycles. The van der Waals surface area contributed by atoms with E-state index in [0.29, 0.717) is 38.3 Å². The highest BCUT2D eigenvalue weighted by atomic mass is 32.1. The van der Waals surface area contributed by atoms with Crippen LogP contribution in [-0.4, -0.2) is 55.3 Å². The number of ether oxygens (including phenoxy) is 2. The summed E-state index contributed by atoms with van der Waals surface area (Å²) in [6.07, 6.45) is -0.289. The summed E-state index contributed by atoms with van der Waals surface area (Å²) in [5, 5.41) is 0. The molecule has 1 saturated heterocycles. The Morgan fingerprint density at radius 1 is 0.850 bits per heavy atom. The molecule has 0 radical (unpaired) electrons. The van der Waals surface area contributed by atoms with Gasteiger partial charge in [0.15, 0.2) is 0 Å². The van der Waals surface area contributed by atoms with E-state index in [-0.39, 0.29) is 18.0 Å². The Morgan fingerprint density at radius 2 is 1.40 bits per heavy atom. The highest BCUT2D eigenvalue weighted by Gasteiger charge is 2.32. The van der Waals surface area contributed by atoms with Crippen molar-refractivity contribution in [2.45, 2.75) is 58.0 Å². The fourth-order valence-electron chi connectivity index (χ4n) is 6.10. The SMILES string of the molecule is Cc1c(S)c(C)c(N2CCN(C(=O)OCC3c4ccccc4-c4ccccc43)CC2)c(C)c1C(=O)OC(C)(C)C. The second-order valence-electron chi connectivity index (χ2n) is 11.7. The Labute approximate surface area is 242 Å². The van der Waals surface area contributed by atoms with Crippen LogP contribution in [0.15, 0.2) is 53.4 Å². The van der Waals surface area contributed by atoms with E-state index in [9.17, 15) is 9.59 Å². The molecular weight excluding hydrogens is 520 g/mol. The molecule has 0 aromatic heterocycles. The number of hydrogen-bond donors (Lipinski definition) is 1. The zero-order valence-electron chi connectivity index (χ0n) is 24.2. The molecule has 210 valence electrons. The summed E-state index contributed by atoms with van der Waals surface area (Å²) in [7, 11) is 0. The molecule has 6 nitrogen and oxygen atoms in total. The molecule has 0 spiro atoms. The Hall–Kier alpha value is -3.45. The summed E-state index contributed by atoms with van der Waals surface area (Å²) in [5.74, 6) is -0.299. The molecule has 0 bridgehead atoms. The molecule has 0 unspecified atom stereocenters. The van der Waals surface area contributed by atoms with Gasteiger partial charge in [0, 0.05) is 42.7 Å². The van der Waals surface area contributed by atoms with E-state index in [1.54, 1.807) is 4.90 Å². The second-order valence-corrected chi connectivity index (χ2v) is 12.2. The average molecular weight is 559 g/mol. The number of esters is 1. The lowest BCUT2D eigenvalue weighted by atomic mass is 9.95. The summed E-state index contributed by atoms with van der Waals surface area (Å²) in [6, 6.07) is 16.7. The first kappa shape index (κ1) is 28.1. The summed E-state index contributed by atoms with van der Waals surface area (Å²) >= 11 is 4.77. The molecule has 1 fully saturated rings. The first-order valence-electron chi connectivity index (χ1n) is 13.9. The number of benzene rings is 3. The van der Waals surface area contributed by atoms with Crippen LogP contribution in [0.5, 0.6) is 0 Å². The molecule has 5 rings (SSSR count). The smallest absolute Gasteiger partial charge is 0.409 e. The average Bonchev–Trinajstić information content (AvgIpc) is 3.23. The van der Waals surface area contributed by atoms with Crippen LogP contribution in [0, 0.1) is 20.8 Å². The van der Waals surface area contributed by atoms with Gasteiger partial charge < -0.3 is 19.3 Å². The predicted molar refractivity (Wildman–Crippen MR) is 162 cm³/mol. The topological polar surface area (TPSA) is 59.1 Å². The molecule has 40 heavy (non-hydrogen) atoms. The Bertz CT molecular complexity index is 1420.